The van der Waals surface area contributed by atoms with Gasteiger partial charge in [-0.25, -0.2) is 0 Å². The molecule has 0 aliphatic rings. The fourth-order valence-corrected chi connectivity index (χ4v) is 3.06. The summed E-state index contributed by atoms with van der Waals surface area (Å²) >= 11 is 1.54. The van der Waals surface area contributed by atoms with Crippen LogP contribution in [0.5, 0.6) is 0 Å². The number of carbonyl (C=O) groups is 1. The minimum Gasteiger partial charge on any atom is -0.481 e. The number of nitrogens with zero attached hydrogens (tertiary/aromatic N) is 2. The standard InChI is InChI=1S/C15H18N2O2S/c1-16-15-17(2)13(10-20-15)9-12(14(18)19)8-11-6-4-3-5-7-11/h3-7,10,12H,8-9H2,1-2H3,(H,18,19)/t12-/m1/s1. The van der Waals surface area contributed by atoms with E-state index in [-0.39, 0.29) is 0 Å². The number of carboxylic acid groups (broad SMARTS) is 1. The molecule has 1 aromatic carbocycles. The van der Waals surface area contributed by atoms with Crippen molar-refractivity contribution in [1.82, 2.24) is 4.57 Å². The summed E-state index contributed by atoms with van der Waals surface area (Å²) in [4.78, 5) is 16.5. The molecule has 0 radical (unpaired) electrons. The van der Waals surface area contributed by atoms with E-state index in [2.05, 4.69) is 4.99 Å². The van der Waals surface area contributed by atoms with Gasteiger partial charge < -0.3 is 9.67 Å². The number of aliphatic carboxylic acids is 1. The number of carboxylic acids is 1. The Balaban J connectivity index is 2.18. The quantitative estimate of drug-likeness (QED) is 0.917. The Morgan fingerprint density at radius 1 is 1.35 bits per heavy atom. The lowest BCUT2D eigenvalue weighted by Crippen LogP contribution is -2.22. The van der Waals surface area contributed by atoms with Gasteiger partial charge >= 0.3 is 5.97 Å². The zero-order valence-corrected chi connectivity index (χ0v) is 12.4. The van der Waals surface area contributed by atoms with E-state index in [1.807, 2.05) is 47.3 Å². The lowest BCUT2D eigenvalue weighted by Gasteiger charge is -2.12. The van der Waals surface area contributed by atoms with Crippen LogP contribution in [0.2, 0.25) is 0 Å². The molecule has 0 aliphatic carbocycles. The highest BCUT2D eigenvalue weighted by molar-refractivity contribution is 7.07. The van der Waals surface area contributed by atoms with Crippen molar-refractivity contribution in [2.75, 3.05) is 7.05 Å². The summed E-state index contributed by atoms with van der Waals surface area (Å²) in [6.07, 6.45) is 1.07. The first kappa shape index (κ1) is 14.5. The summed E-state index contributed by atoms with van der Waals surface area (Å²) in [5.41, 5.74) is 2.07. The summed E-state index contributed by atoms with van der Waals surface area (Å²) < 4.78 is 1.96. The van der Waals surface area contributed by atoms with Crippen molar-refractivity contribution in [3.63, 3.8) is 0 Å². The minimum absolute atomic E-state index is 0.414. The Kier molecular flexibility index (Phi) is 4.74. The van der Waals surface area contributed by atoms with Crippen LogP contribution in [0.4, 0.5) is 0 Å². The third-order valence-corrected chi connectivity index (χ3v) is 4.40. The van der Waals surface area contributed by atoms with Gasteiger partial charge in [0.1, 0.15) is 0 Å². The maximum Gasteiger partial charge on any atom is 0.307 e. The molecule has 106 valence electrons. The first-order valence-electron chi connectivity index (χ1n) is 6.44. The first-order chi connectivity index (χ1) is 9.61. The van der Waals surface area contributed by atoms with Crippen molar-refractivity contribution in [3.8, 4) is 0 Å². The van der Waals surface area contributed by atoms with Gasteiger partial charge in [-0.2, -0.15) is 0 Å². The van der Waals surface area contributed by atoms with Gasteiger partial charge in [-0.05, 0) is 12.0 Å². The van der Waals surface area contributed by atoms with Crippen LogP contribution in [0.15, 0.2) is 40.7 Å². The molecule has 5 heteroatoms. The Hall–Kier alpha value is -1.88. The second-order valence-electron chi connectivity index (χ2n) is 4.72. The summed E-state index contributed by atoms with van der Waals surface area (Å²) in [5, 5.41) is 11.4. The third kappa shape index (κ3) is 3.36. The SMILES string of the molecule is CN=c1scc(C[C@@H](Cc2ccccc2)C(=O)O)n1C. The molecular weight excluding hydrogens is 272 g/mol. The van der Waals surface area contributed by atoms with Crippen molar-refractivity contribution in [2.24, 2.45) is 18.0 Å². The van der Waals surface area contributed by atoms with Gasteiger partial charge in [0, 0.05) is 31.6 Å². The molecule has 2 rings (SSSR count). The molecule has 0 unspecified atom stereocenters. The molecule has 0 saturated heterocycles. The van der Waals surface area contributed by atoms with Crippen molar-refractivity contribution >= 4 is 17.3 Å². The molecule has 1 heterocycles. The predicted octanol–water partition coefficient (Wildman–Crippen LogP) is 2.10. The van der Waals surface area contributed by atoms with Crippen LogP contribution in [0.1, 0.15) is 11.3 Å². The summed E-state index contributed by atoms with van der Waals surface area (Å²) in [6, 6.07) is 9.75. The Morgan fingerprint density at radius 3 is 2.60 bits per heavy atom. The maximum atomic E-state index is 11.5. The van der Waals surface area contributed by atoms with E-state index >= 15 is 0 Å². The average Bonchev–Trinajstić information content (AvgIpc) is 2.80. The van der Waals surface area contributed by atoms with Crippen LogP contribution in [0, 0.1) is 5.92 Å². The number of thiazole rings is 1. The topological polar surface area (TPSA) is 54.6 Å². The number of rotatable bonds is 5. The normalized spacial score (nSPS) is 13.4. The Morgan fingerprint density at radius 2 is 2.05 bits per heavy atom. The van der Waals surface area contributed by atoms with E-state index in [0.29, 0.717) is 12.8 Å². The monoisotopic (exact) mass is 290 g/mol. The van der Waals surface area contributed by atoms with Crippen molar-refractivity contribution in [3.05, 3.63) is 51.8 Å². The van der Waals surface area contributed by atoms with Gasteiger partial charge in [0.25, 0.3) is 0 Å². The zero-order chi connectivity index (χ0) is 14.5. The maximum absolute atomic E-state index is 11.5. The van der Waals surface area contributed by atoms with Crippen LogP contribution in [0.3, 0.4) is 0 Å². The van der Waals surface area contributed by atoms with Gasteiger partial charge in [0.05, 0.1) is 5.92 Å². The molecule has 1 N–H and O–H groups in total. The summed E-state index contributed by atoms with van der Waals surface area (Å²) in [5.74, 6) is -1.17. The smallest absolute Gasteiger partial charge is 0.307 e. The molecule has 1 aromatic heterocycles. The highest BCUT2D eigenvalue weighted by Gasteiger charge is 2.20. The Bertz CT molecular complexity index is 643. The van der Waals surface area contributed by atoms with Crippen LogP contribution in [0.25, 0.3) is 0 Å². The fraction of sp³-hybridized carbons (Fsp3) is 0.333. The van der Waals surface area contributed by atoms with E-state index < -0.39 is 11.9 Å². The van der Waals surface area contributed by atoms with E-state index in [0.717, 1.165) is 16.1 Å². The third-order valence-electron chi connectivity index (χ3n) is 3.34. The lowest BCUT2D eigenvalue weighted by atomic mass is 9.95. The van der Waals surface area contributed by atoms with Crippen LogP contribution in [-0.2, 0) is 24.7 Å². The van der Waals surface area contributed by atoms with Gasteiger partial charge in [-0.15, -0.1) is 11.3 Å². The highest BCUT2D eigenvalue weighted by atomic mass is 32.1. The van der Waals surface area contributed by atoms with E-state index in [9.17, 15) is 9.90 Å². The van der Waals surface area contributed by atoms with Crippen molar-refractivity contribution < 1.29 is 9.90 Å². The second kappa shape index (κ2) is 6.52. The fourth-order valence-electron chi connectivity index (χ4n) is 2.19. The lowest BCUT2D eigenvalue weighted by molar-refractivity contribution is -0.141. The van der Waals surface area contributed by atoms with E-state index in [1.54, 1.807) is 7.05 Å². The molecular formula is C15H18N2O2S. The summed E-state index contributed by atoms with van der Waals surface area (Å²) in [6.45, 7) is 0. The van der Waals surface area contributed by atoms with Gasteiger partial charge in [0.15, 0.2) is 4.80 Å². The predicted molar refractivity (Wildman–Crippen MR) is 79.8 cm³/mol. The Labute approximate surface area is 122 Å². The highest BCUT2D eigenvalue weighted by Crippen LogP contribution is 2.15. The minimum atomic E-state index is -0.755. The van der Waals surface area contributed by atoms with E-state index in [4.69, 9.17) is 0 Å². The molecule has 4 nitrogen and oxygen atoms in total. The van der Waals surface area contributed by atoms with Gasteiger partial charge in [-0.1, -0.05) is 30.3 Å². The molecule has 0 bridgehead atoms. The van der Waals surface area contributed by atoms with Crippen molar-refractivity contribution in [2.45, 2.75) is 12.8 Å². The molecule has 0 aliphatic heterocycles. The molecule has 0 amide bonds. The second-order valence-corrected chi connectivity index (χ2v) is 5.56. The number of benzene rings is 1. The van der Waals surface area contributed by atoms with E-state index in [1.165, 1.54) is 11.3 Å². The first-order valence-corrected chi connectivity index (χ1v) is 7.32. The number of hydrogen-bond donors (Lipinski definition) is 1. The van der Waals surface area contributed by atoms with Crippen LogP contribution in [-0.4, -0.2) is 22.7 Å². The summed E-state index contributed by atoms with van der Waals surface area (Å²) in [7, 11) is 3.67. The molecule has 0 fully saturated rings. The van der Waals surface area contributed by atoms with Crippen LogP contribution < -0.4 is 4.80 Å². The molecule has 1 atom stereocenters. The van der Waals surface area contributed by atoms with Crippen molar-refractivity contribution in [1.29, 1.82) is 0 Å². The molecule has 0 spiro atoms. The van der Waals surface area contributed by atoms with Gasteiger partial charge in [-0.3, -0.25) is 9.79 Å². The van der Waals surface area contributed by atoms with Gasteiger partial charge in [0.2, 0.25) is 0 Å². The molecule has 2 aromatic rings. The molecule has 0 saturated carbocycles. The largest absolute Gasteiger partial charge is 0.481 e. The van der Waals surface area contributed by atoms with Crippen LogP contribution >= 0.6 is 11.3 Å². The average molecular weight is 290 g/mol. The number of hydrogen-bond acceptors (Lipinski definition) is 3. The zero-order valence-electron chi connectivity index (χ0n) is 11.6. The number of aromatic nitrogens is 1. The molecule has 20 heavy (non-hydrogen) atoms.